The van der Waals surface area contributed by atoms with Crippen molar-refractivity contribution in [2.75, 3.05) is 44.2 Å². The lowest BCUT2D eigenvalue weighted by molar-refractivity contribution is -0.364. The van der Waals surface area contributed by atoms with Gasteiger partial charge < -0.3 is 9.94 Å². The maximum absolute atomic E-state index is 10.5. The molecule has 3 aromatic rings. The Morgan fingerprint density at radius 3 is 2.06 bits per heavy atom. The number of nitrogens with zero attached hydrogens (tertiary/aromatic N) is 3. The topological polar surface area (TPSA) is 62.4 Å². The lowest BCUT2D eigenvalue weighted by Gasteiger charge is -2.31. The number of anilines is 1. The van der Waals surface area contributed by atoms with Gasteiger partial charge in [0.2, 0.25) is 0 Å². The van der Waals surface area contributed by atoms with E-state index in [0.717, 1.165) is 48.8 Å². The van der Waals surface area contributed by atoms with Gasteiger partial charge in [0.1, 0.15) is 18.4 Å². The van der Waals surface area contributed by atoms with E-state index in [1.54, 1.807) is 0 Å². The molecule has 0 spiro atoms. The van der Waals surface area contributed by atoms with Crippen LogP contribution in [0, 0.1) is 0 Å². The Labute approximate surface area is 182 Å². The van der Waals surface area contributed by atoms with Crippen molar-refractivity contribution in [2.24, 2.45) is 5.16 Å². The van der Waals surface area contributed by atoms with Crippen molar-refractivity contribution in [3.05, 3.63) is 84.1 Å². The predicted molar refractivity (Wildman–Crippen MR) is 121 cm³/mol. The van der Waals surface area contributed by atoms with E-state index >= 15 is 0 Å². The van der Waals surface area contributed by atoms with Crippen LogP contribution in [0.4, 0.5) is 5.82 Å². The standard InChI is InChI=1S/C25H26N4O2/c30-19(17-28-13-15-29(16-14-28)24-11-5-6-12-26-24)18-31-27-25-22-9-3-1-7-20(22)21-8-2-4-10-23(21)25/h1-12,19,30H,13-18H2/p+1/t19-/m0/s1. The molecule has 1 aromatic heterocycles. The molecule has 1 aliphatic heterocycles. The molecule has 0 bridgehead atoms. The highest BCUT2D eigenvalue weighted by Crippen LogP contribution is 2.36. The fourth-order valence-electron chi connectivity index (χ4n) is 4.38. The SMILES string of the molecule is O[C@H](CON=C1c2ccccc2-c2ccccc21)CN1CCN(c2cccc[nH+]2)CC1. The molecule has 2 aromatic carbocycles. The van der Waals surface area contributed by atoms with Gasteiger partial charge in [-0.05, 0) is 17.2 Å². The second-order valence-corrected chi connectivity index (χ2v) is 8.02. The number of aromatic nitrogens is 1. The number of pyridine rings is 1. The molecule has 0 radical (unpaired) electrons. The number of piperazine rings is 1. The Hall–Kier alpha value is -3.22. The minimum Gasteiger partial charge on any atom is -0.392 e. The highest BCUT2D eigenvalue weighted by Gasteiger charge is 2.26. The Bertz CT molecular complexity index is 1010. The normalized spacial score (nSPS) is 16.5. The number of aromatic amines is 1. The molecular weight excluding hydrogens is 388 g/mol. The second-order valence-electron chi connectivity index (χ2n) is 8.02. The first kappa shape index (κ1) is 19.7. The van der Waals surface area contributed by atoms with Crippen LogP contribution in [0.2, 0.25) is 0 Å². The summed E-state index contributed by atoms with van der Waals surface area (Å²) in [5, 5.41) is 14.9. The zero-order valence-electron chi connectivity index (χ0n) is 17.4. The van der Waals surface area contributed by atoms with E-state index in [-0.39, 0.29) is 6.61 Å². The molecule has 5 rings (SSSR count). The molecule has 1 aliphatic carbocycles. The minimum absolute atomic E-state index is 0.181. The molecule has 6 nitrogen and oxygen atoms in total. The first-order valence-corrected chi connectivity index (χ1v) is 10.8. The summed E-state index contributed by atoms with van der Waals surface area (Å²) in [4.78, 5) is 13.5. The molecule has 0 amide bonds. The number of hydrogen-bond acceptors (Lipinski definition) is 5. The van der Waals surface area contributed by atoms with Gasteiger partial charge in [-0.15, -0.1) is 0 Å². The minimum atomic E-state index is -0.578. The predicted octanol–water partition coefficient (Wildman–Crippen LogP) is 2.43. The summed E-state index contributed by atoms with van der Waals surface area (Å²) >= 11 is 0. The summed E-state index contributed by atoms with van der Waals surface area (Å²) in [6.45, 7) is 4.46. The maximum atomic E-state index is 10.5. The molecule has 2 aliphatic rings. The Kier molecular flexibility index (Phi) is 5.65. The van der Waals surface area contributed by atoms with Crippen LogP contribution in [0.1, 0.15) is 11.1 Å². The molecule has 2 heterocycles. The van der Waals surface area contributed by atoms with Crippen molar-refractivity contribution < 1.29 is 14.9 Å². The molecule has 0 unspecified atom stereocenters. The number of rotatable bonds is 6. The number of β-amino-alcohol motifs (C(OH)–C–C–N with tert-alkyl or cyclic N) is 1. The van der Waals surface area contributed by atoms with Crippen LogP contribution in [0.3, 0.4) is 0 Å². The lowest BCUT2D eigenvalue weighted by Crippen LogP contribution is -2.50. The number of benzene rings is 2. The van der Waals surface area contributed by atoms with Crippen LogP contribution < -0.4 is 9.88 Å². The fraction of sp³-hybridized carbons (Fsp3) is 0.280. The first-order valence-electron chi connectivity index (χ1n) is 10.8. The maximum Gasteiger partial charge on any atom is 0.274 e. The number of aliphatic hydroxyl groups is 1. The number of oxime groups is 1. The van der Waals surface area contributed by atoms with Gasteiger partial charge in [0.25, 0.3) is 5.82 Å². The van der Waals surface area contributed by atoms with Crippen LogP contribution in [-0.2, 0) is 4.84 Å². The third-order valence-corrected chi connectivity index (χ3v) is 5.95. The van der Waals surface area contributed by atoms with Crippen LogP contribution in [-0.4, -0.2) is 61.2 Å². The summed E-state index contributed by atoms with van der Waals surface area (Å²) < 4.78 is 0. The Morgan fingerprint density at radius 1 is 0.839 bits per heavy atom. The highest BCUT2D eigenvalue weighted by molar-refractivity contribution is 6.24. The zero-order chi connectivity index (χ0) is 21.0. The van der Waals surface area contributed by atoms with E-state index in [1.807, 2.05) is 42.6 Å². The second kappa shape index (κ2) is 8.88. The van der Waals surface area contributed by atoms with Gasteiger partial charge in [0, 0.05) is 36.8 Å². The van der Waals surface area contributed by atoms with Crippen LogP contribution in [0.25, 0.3) is 11.1 Å². The monoisotopic (exact) mass is 415 g/mol. The van der Waals surface area contributed by atoms with E-state index in [4.69, 9.17) is 4.84 Å². The van der Waals surface area contributed by atoms with Crippen LogP contribution in [0.15, 0.2) is 78.1 Å². The number of nitrogens with one attached hydrogen (secondary N) is 1. The van der Waals surface area contributed by atoms with Crippen molar-refractivity contribution >= 4 is 11.5 Å². The highest BCUT2D eigenvalue weighted by atomic mass is 16.6. The third-order valence-electron chi connectivity index (χ3n) is 5.95. The van der Waals surface area contributed by atoms with Crippen molar-refractivity contribution in [3.63, 3.8) is 0 Å². The van der Waals surface area contributed by atoms with E-state index in [1.165, 1.54) is 11.1 Å². The van der Waals surface area contributed by atoms with E-state index < -0.39 is 6.10 Å². The van der Waals surface area contributed by atoms with Gasteiger partial charge >= 0.3 is 0 Å². The molecule has 2 N–H and O–H groups in total. The summed E-state index contributed by atoms with van der Waals surface area (Å²) in [6, 6.07) is 22.6. The van der Waals surface area contributed by atoms with Crippen molar-refractivity contribution in [1.82, 2.24) is 4.90 Å². The van der Waals surface area contributed by atoms with E-state index in [9.17, 15) is 5.11 Å². The Balaban J connectivity index is 1.16. The molecular formula is C25H27N4O2+. The Morgan fingerprint density at radius 2 is 1.45 bits per heavy atom. The quantitative estimate of drug-likeness (QED) is 0.492. The van der Waals surface area contributed by atoms with Gasteiger partial charge in [-0.2, -0.15) is 0 Å². The molecule has 1 fully saturated rings. The van der Waals surface area contributed by atoms with Crippen LogP contribution >= 0.6 is 0 Å². The van der Waals surface area contributed by atoms with Gasteiger partial charge in [-0.25, -0.2) is 4.98 Å². The first-order chi connectivity index (χ1) is 15.3. The van der Waals surface area contributed by atoms with Crippen molar-refractivity contribution in [3.8, 4) is 11.1 Å². The van der Waals surface area contributed by atoms with Gasteiger partial charge in [0.15, 0.2) is 0 Å². The smallest absolute Gasteiger partial charge is 0.274 e. The average Bonchev–Trinajstić information content (AvgIpc) is 3.14. The molecule has 1 saturated heterocycles. The molecule has 6 heteroatoms. The van der Waals surface area contributed by atoms with Gasteiger partial charge in [-0.1, -0.05) is 59.8 Å². The van der Waals surface area contributed by atoms with Crippen LogP contribution in [0.5, 0.6) is 0 Å². The van der Waals surface area contributed by atoms with E-state index in [2.05, 4.69) is 50.3 Å². The summed E-state index contributed by atoms with van der Waals surface area (Å²) in [6.07, 6.45) is 1.37. The number of H-pyrrole nitrogens is 1. The van der Waals surface area contributed by atoms with Gasteiger partial charge in [-0.3, -0.25) is 9.80 Å². The van der Waals surface area contributed by atoms with Crippen molar-refractivity contribution in [1.29, 1.82) is 0 Å². The summed E-state index contributed by atoms with van der Waals surface area (Å²) in [5.41, 5.74) is 5.34. The number of fused-ring (bicyclic) bond motifs is 3. The summed E-state index contributed by atoms with van der Waals surface area (Å²) in [7, 11) is 0. The summed E-state index contributed by atoms with van der Waals surface area (Å²) in [5.74, 6) is 1.14. The molecule has 0 saturated carbocycles. The molecule has 31 heavy (non-hydrogen) atoms. The molecule has 1 atom stereocenters. The third kappa shape index (κ3) is 4.17. The van der Waals surface area contributed by atoms with Crippen molar-refractivity contribution in [2.45, 2.75) is 6.10 Å². The number of aliphatic hydroxyl groups excluding tert-OH is 1. The lowest BCUT2D eigenvalue weighted by atomic mass is 10.1. The fourth-order valence-corrected chi connectivity index (χ4v) is 4.38. The molecule has 158 valence electrons. The van der Waals surface area contributed by atoms with E-state index in [0.29, 0.717) is 6.54 Å². The zero-order valence-corrected chi connectivity index (χ0v) is 17.4. The largest absolute Gasteiger partial charge is 0.392 e. The van der Waals surface area contributed by atoms with Gasteiger partial charge in [0.05, 0.1) is 19.3 Å². The number of hydrogen-bond donors (Lipinski definition) is 1. The average molecular weight is 416 g/mol.